The average Bonchev–Trinajstić information content (AvgIpc) is 3.06. The summed E-state index contributed by atoms with van der Waals surface area (Å²) in [4.78, 5) is 17.4. The quantitative estimate of drug-likeness (QED) is 0.746. The van der Waals surface area contributed by atoms with Crippen molar-refractivity contribution >= 4 is 16.9 Å². The van der Waals surface area contributed by atoms with E-state index in [4.69, 9.17) is 0 Å². The summed E-state index contributed by atoms with van der Waals surface area (Å²) in [6, 6.07) is 10.6. The number of aromatic nitrogens is 2. The standard InChI is InChI=1S/C22H24FN3O/c1-26-12-11-19-16(13-15-7-9-17(23)10-8-15)14-20(25-21(19)26)22(27)24-18-5-3-2-4-6-18/h7-12,14,18H,2-6,13H2,1H3,(H,24,27). The highest BCUT2D eigenvalue weighted by Gasteiger charge is 2.19. The first kappa shape index (κ1) is 17.7. The Labute approximate surface area is 158 Å². The van der Waals surface area contributed by atoms with Gasteiger partial charge in [0.25, 0.3) is 5.91 Å². The zero-order valence-corrected chi connectivity index (χ0v) is 15.5. The van der Waals surface area contributed by atoms with Crippen LogP contribution in [0.15, 0.2) is 42.6 Å². The Kier molecular flexibility index (Phi) is 4.92. The molecule has 1 saturated carbocycles. The number of hydrogen-bond donors (Lipinski definition) is 1. The second-order valence-electron chi connectivity index (χ2n) is 7.44. The van der Waals surface area contributed by atoms with Crippen molar-refractivity contribution in [3.63, 3.8) is 0 Å². The van der Waals surface area contributed by atoms with Crippen molar-refractivity contribution in [1.29, 1.82) is 0 Å². The number of carbonyl (C=O) groups excluding carboxylic acids is 1. The Balaban J connectivity index is 1.65. The van der Waals surface area contributed by atoms with E-state index in [1.807, 2.05) is 29.9 Å². The average molecular weight is 365 g/mol. The maximum Gasteiger partial charge on any atom is 0.270 e. The van der Waals surface area contributed by atoms with Crippen LogP contribution in [0.25, 0.3) is 11.0 Å². The van der Waals surface area contributed by atoms with Crippen molar-refractivity contribution in [2.45, 2.75) is 44.6 Å². The molecule has 0 bridgehead atoms. The van der Waals surface area contributed by atoms with E-state index in [-0.39, 0.29) is 17.8 Å². The Morgan fingerprint density at radius 2 is 1.93 bits per heavy atom. The zero-order chi connectivity index (χ0) is 18.8. The highest BCUT2D eigenvalue weighted by atomic mass is 19.1. The minimum Gasteiger partial charge on any atom is -0.348 e. The van der Waals surface area contributed by atoms with Gasteiger partial charge in [0, 0.05) is 24.7 Å². The minimum absolute atomic E-state index is 0.106. The highest BCUT2D eigenvalue weighted by Crippen LogP contribution is 2.23. The molecule has 140 valence electrons. The lowest BCUT2D eigenvalue weighted by Gasteiger charge is -2.22. The van der Waals surface area contributed by atoms with Gasteiger partial charge in [0.1, 0.15) is 17.2 Å². The molecule has 0 spiro atoms. The van der Waals surface area contributed by atoms with Gasteiger partial charge in [0.05, 0.1) is 0 Å². The summed E-state index contributed by atoms with van der Waals surface area (Å²) >= 11 is 0. The van der Waals surface area contributed by atoms with Crippen LogP contribution in [0.2, 0.25) is 0 Å². The van der Waals surface area contributed by atoms with Crippen molar-refractivity contribution in [3.05, 3.63) is 65.2 Å². The number of nitrogens with zero attached hydrogens (tertiary/aromatic N) is 2. The van der Waals surface area contributed by atoms with Gasteiger partial charge in [-0.25, -0.2) is 9.37 Å². The molecule has 1 aromatic carbocycles. The van der Waals surface area contributed by atoms with E-state index in [0.717, 1.165) is 35.0 Å². The number of aryl methyl sites for hydroxylation is 1. The van der Waals surface area contributed by atoms with Crippen LogP contribution < -0.4 is 5.32 Å². The molecule has 1 aliphatic rings. The third-order valence-corrected chi connectivity index (χ3v) is 5.40. The van der Waals surface area contributed by atoms with Crippen molar-refractivity contribution in [2.24, 2.45) is 7.05 Å². The van der Waals surface area contributed by atoms with Gasteiger partial charge in [-0.1, -0.05) is 31.4 Å². The molecule has 5 heteroatoms. The maximum atomic E-state index is 13.2. The van der Waals surface area contributed by atoms with Gasteiger partial charge in [-0.3, -0.25) is 4.79 Å². The highest BCUT2D eigenvalue weighted by molar-refractivity contribution is 5.95. The Hall–Kier alpha value is -2.69. The third-order valence-electron chi connectivity index (χ3n) is 5.40. The van der Waals surface area contributed by atoms with Crippen molar-refractivity contribution in [1.82, 2.24) is 14.9 Å². The van der Waals surface area contributed by atoms with Crippen LogP contribution in [0.4, 0.5) is 4.39 Å². The molecule has 3 aromatic rings. The molecule has 1 aliphatic carbocycles. The number of benzene rings is 1. The van der Waals surface area contributed by atoms with E-state index in [9.17, 15) is 9.18 Å². The van der Waals surface area contributed by atoms with E-state index < -0.39 is 0 Å². The van der Waals surface area contributed by atoms with Crippen molar-refractivity contribution < 1.29 is 9.18 Å². The fourth-order valence-corrected chi connectivity index (χ4v) is 3.89. The molecule has 1 N–H and O–H groups in total. The second kappa shape index (κ2) is 7.51. The van der Waals surface area contributed by atoms with Crippen LogP contribution in [-0.2, 0) is 13.5 Å². The SMILES string of the molecule is Cn1ccc2c(Cc3ccc(F)cc3)cc(C(=O)NC3CCCCC3)nc21. The molecular weight excluding hydrogens is 341 g/mol. The first-order chi connectivity index (χ1) is 13.1. The van der Waals surface area contributed by atoms with Crippen molar-refractivity contribution in [3.8, 4) is 0 Å². The van der Waals surface area contributed by atoms with Gasteiger partial charge < -0.3 is 9.88 Å². The summed E-state index contributed by atoms with van der Waals surface area (Å²) < 4.78 is 15.1. The molecule has 0 aliphatic heterocycles. The first-order valence-corrected chi connectivity index (χ1v) is 9.60. The summed E-state index contributed by atoms with van der Waals surface area (Å²) in [6.07, 6.45) is 8.26. The number of nitrogens with one attached hydrogen (secondary N) is 1. The lowest BCUT2D eigenvalue weighted by Crippen LogP contribution is -2.36. The summed E-state index contributed by atoms with van der Waals surface area (Å²) in [5.74, 6) is -0.351. The van der Waals surface area contributed by atoms with E-state index >= 15 is 0 Å². The molecule has 4 rings (SSSR count). The summed E-state index contributed by atoms with van der Waals surface area (Å²) in [5.41, 5.74) is 3.28. The zero-order valence-electron chi connectivity index (χ0n) is 15.5. The molecule has 2 heterocycles. The van der Waals surface area contributed by atoms with Crippen molar-refractivity contribution in [2.75, 3.05) is 0 Å². The van der Waals surface area contributed by atoms with Crippen LogP contribution >= 0.6 is 0 Å². The number of carbonyl (C=O) groups is 1. The number of hydrogen-bond acceptors (Lipinski definition) is 2. The molecule has 0 atom stereocenters. The van der Waals surface area contributed by atoms with Gasteiger partial charge in [0.15, 0.2) is 0 Å². The number of halogens is 1. The third kappa shape index (κ3) is 3.87. The minimum atomic E-state index is -0.245. The summed E-state index contributed by atoms with van der Waals surface area (Å²) in [5, 5.41) is 4.17. The molecule has 0 radical (unpaired) electrons. The lowest BCUT2D eigenvalue weighted by molar-refractivity contribution is 0.0923. The molecular formula is C22H24FN3O. The number of fused-ring (bicyclic) bond motifs is 1. The predicted octanol–water partition coefficient (Wildman–Crippen LogP) is 4.37. The van der Waals surface area contributed by atoms with E-state index in [0.29, 0.717) is 12.1 Å². The number of amides is 1. The van der Waals surface area contributed by atoms with Crippen LogP contribution in [0.3, 0.4) is 0 Å². The first-order valence-electron chi connectivity index (χ1n) is 9.60. The largest absolute Gasteiger partial charge is 0.348 e. The van der Waals surface area contributed by atoms with Crippen LogP contribution in [0.5, 0.6) is 0 Å². The molecule has 0 unspecified atom stereocenters. The fourth-order valence-electron chi connectivity index (χ4n) is 3.89. The summed E-state index contributed by atoms with van der Waals surface area (Å²) in [6.45, 7) is 0. The van der Waals surface area contributed by atoms with E-state index in [1.54, 1.807) is 12.1 Å². The molecule has 1 amide bonds. The predicted molar refractivity (Wildman–Crippen MR) is 104 cm³/mol. The van der Waals surface area contributed by atoms with Gasteiger partial charge in [-0.05, 0) is 54.7 Å². The molecule has 2 aromatic heterocycles. The lowest BCUT2D eigenvalue weighted by atomic mass is 9.95. The molecule has 0 saturated heterocycles. The van der Waals surface area contributed by atoms with Gasteiger partial charge in [0.2, 0.25) is 0 Å². The van der Waals surface area contributed by atoms with Crippen LogP contribution in [0, 0.1) is 5.82 Å². The van der Waals surface area contributed by atoms with Crippen LogP contribution in [0.1, 0.15) is 53.7 Å². The van der Waals surface area contributed by atoms with E-state index in [2.05, 4.69) is 10.3 Å². The fraction of sp³-hybridized carbons (Fsp3) is 0.364. The normalized spacial score (nSPS) is 15.2. The number of rotatable bonds is 4. The molecule has 1 fully saturated rings. The Morgan fingerprint density at radius 3 is 2.67 bits per heavy atom. The topological polar surface area (TPSA) is 46.9 Å². The number of pyridine rings is 1. The Morgan fingerprint density at radius 1 is 1.19 bits per heavy atom. The molecule has 4 nitrogen and oxygen atoms in total. The van der Waals surface area contributed by atoms with Crippen LogP contribution in [-0.4, -0.2) is 21.5 Å². The Bertz CT molecular complexity index is 956. The van der Waals surface area contributed by atoms with Gasteiger partial charge in [-0.15, -0.1) is 0 Å². The second-order valence-corrected chi connectivity index (χ2v) is 7.44. The monoisotopic (exact) mass is 365 g/mol. The molecule has 27 heavy (non-hydrogen) atoms. The maximum absolute atomic E-state index is 13.2. The van der Waals surface area contributed by atoms with E-state index in [1.165, 1.54) is 31.4 Å². The van der Waals surface area contributed by atoms with Gasteiger partial charge in [-0.2, -0.15) is 0 Å². The summed E-state index contributed by atoms with van der Waals surface area (Å²) in [7, 11) is 1.93. The van der Waals surface area contributed by atoms with Gasteiger partial charge >= 0.3 is 0 Å². The smallest absolute Gasteiger partial charge is 0.270 e.